The van der Waals surface area contributed by atoms with Gasteiger partial charge in [-0.2, -0.15) is 0 Å². The molecule has 1 aliphatic heterocycles. The minimum Gasteiger partial charge on any atom is -0.379 e. The Morgan fingerprint density at radius 2 is 2.11 bits per heavy atom. The monoisotopic (exact) mass is 378 g/mol. The molecule has 6 heteroatoms. The molecule has 2 aromatic heterocycles. The van der Waals surface area contributed by atoms with Crippen molar-refractivity contribution in [2.75, 3.05) is 31.6 Å². The number of carbonyl (C=O) groups is 1. The second-order valence-electron chi connectivity index (χ2n) is 7.21. The fourth-order valence-electron chi connectivity index (χ4n) is 3.57. The van der Waals surface area contributed by atoms with Crippen molar-refractivity contribution in [2.45, 2.75) is 26.3 Å². The second kappa shape index (κ2) is 8.54. The summed E-state index contributed by atoms with van der Waals surface area (Å²) in [6.07, 6.45) is 5.03. The third-order valence-corrected chi connectivity index (χ3v) is 5.05. The fraction of sp³-hybridized carbons (Fsp3) is 0.364. The molecule has 28 heavy (non-hydrogen) atoms. The Hall–Kier alpha value is -2.70. The maximum absolute atomic E-state index is 12.0. The van der Waals surface area contributed by atoms with Gasteiger partial charge in [-0.25, -0.2) is 4.98 Å². The number of amides is 1. The summed E-state index contributed by atoms with van der Waals surface area (Å²) in [5.41, 5.74) is 5.02. The van der Waals surface area contributed by atoms with Crippen LogP contribution in [0.2, 0.25) is 0 Å². The first-order valence-corrected chi connectivity index (χ1v) is 9.89. The number of anilines is 1. The second-order valence-corrected chi connectivity index (χ2v) is 7.21. The van der Waals surface area contributed by atoms with Gasteiger partial charge in [-0.3, -0.25) is 9.69 Å². The van der Waals surface area contributed by atoms with Crippen LogP contribution in [0.1, 0.15) is 25.3 Å². The van der Waals surface area contributed by atoms with E-state index in [1.807, 2.05) is 19.3 Å². The number of pyridine rings is 1. The highest BCUT2D eigenvalue weighted by atomic mass is 16.5. The first kappa shape index (κ1) is 18.7. The number of aromatic amines is 1. The Morgan fingerprint density at radius 3 is 2.93 bits per heavy atom. The van der Waals surface area contributed by atoms with Crippen molar-refractivity contribution in [3.63, 3.8) is 0 Å². The van der Waals surface area contributed by atoms with E-state index in [4.69, 9.17) is 4.74 Å². The van der Waals surface area contributed by atoms with E-state index in [1.54, 1.807) is 0 Å². The van der Waals surface area contributed by atoms with Crippen LogP contribution < -0.4 is 5.32 Å². The number of hydrogen-bond acceptors (Lipinski definition) is 4. The van der Waals surface area contributed by atoms with E-state index in [1.165, 1.54) is 5.56 Å². The van der Waals surface area contributed by atoms with E-state index < -0.39 is 0 Å². The van der Waals surface area contributed by atoms with Crippen molar-refractivity contribution < 1.29 is 9.53 Å². The summed E-state index contributed by atoms with van der Waals surface area (Å²) < 4.78 is 5.43. The molecule has 1 saturated heterocycles. The summed E-state index contributed by atoms with van der Waals surface area (Å²) in [6, 6.07) is 10.7. The third kappa shape index (κ3) is 4.24. The van der Waals surface area contributed by atoms with Gasteiger partial charge in [-0.05, 0) is 29.7 Å². The van der Waals surface area contributed by atoms with Gasteiger partial charge in [-0.1, -0.05) is 25.1 Å². The Labute approximate surface area is 164 Å². The fourth-order valence-corrected chi connectivity index (χ4v) is 3.57. The highest BCUT2D eigenvalue weighted by Gasteiger charge is 2.12. The summed E-state index contributed by atoms with van der Waals surface area (Å²) in [4.78, 5) is 22.1. The van der Waals surface area contributed by atoms with Crippen LogP contribution in [0.4, 0.5) is 5.69 Å². The molecule has 0 radical (unpaired) electrons. The zero-order valence-electron chi connectivity index (χ0n) is 16.2. The Bertz CT molecular complexity index is 960. The summed E-state index contributed by atoms with van der Waals surface area (Å²) in [5.74, 6) is 0.0290. The SMILES string of the molecule is CCCC(=O)Nc1c[nH]c2ncc(-c3cccc(CN4CCOCC4)c3)cc12. The summed E-state index contributed by atoms with van der Waals surface area (Å²) in [5, 5.41) is 3.91. The topological polar surface area (TPSA) is 70.2 Å². The van der Waals surface area contributed by atoms with E-state index in [9.17, 15) is 4.79 Å². The van der Waals surface area contributed by atoms with Crippen LogP contribution in [-0.2, 0) is 16.1 Å². The van der Waals surface area contributed by atoms with Crippen molar-refractivity contribution in [1.29, 1.82) is 0 Å². The van der Waals surface area contributed by atoms with Crippen LogP contribution in [-0.4, -0.2) is 47.1 Å². The molecule has 1 aromatic carbocycles. The molecule has 2 N–H and O–H groups in total. The molecule has 3 heterocycles. The summed E-state index contributed by atoms with van der Waals surface area (Å²) >= 11 is 0. The van der Waals surface area contributed by atoms with Crippen molar-refractivity contribution in [3.05, 3.63) is 48.3 Å². The molecule has 0 atom stereocenters. The number of nitrogens with one attached hydrogen (secondary N) is 2. The average Bonchev–Trinajstić information content (AvgIpc) is 3.11. The largest absolute Gasteiger partial charge is 0.379 e. The lowest BCUT2D eigenvalue weighted by atomic mass is 10.0. The predicted molar refractivity (Wildman–Crippen MR) is 111 cm³/mol. The number of rotatable bonds is 6. The lowest BCUT2D eigenvalue weighted by Crippen LogP contribution is -2.35. The number of benzene rings is 1. The number of aromatic nitrogens is 2. The van der Waals surface area contributed by atoms with Crippen molar-refractivity contribution >= 4 is 22.6 Å². The molecule has 0 unspecified atom stereocenters. The quantitative estimate of drug-likeness (QED) is 0.684. The number of H-pyrrole nitrogens is 1. The van der Waals surface area contributed by atoms with E-state index in [0.717, 1.165) is 67.1 Å². The van der Waals surface area contributed by atoms with Crippen LogP contribution in [0.5, 0.6) is 0 Å². The van der Waals surface area contributed by atoms with E-state index in [2.05, 4.69) is 50.5 Å². The van der Waals surface area contributed by atoms with Gasteiger partial charge in [0.15, 0.2) is 0 Å². The van der Waals surface area contributed by atoms with E-state index in [-0.39, 0.29) is 5.91 Å². The Balaban J connectivity index is 1.58. The van der Waals surface area contributed by atoms with Gasteiger partial charge in [0.1, 0.15) is 5.65 Å². The van der Waals surface area contributed by atoms with E-state index in [0.29, 0.717) is 6.42 Å². The van der Waals surface area contributed by atoms with Crippen molar-refractivity contribution in [1.82, 2.24) is 14.9 Å². The van der Waals surface area contributed by atoms with Gasteiger partial charge < -0.3 is 15.0 Å². The zero-order valence-corrected chi connectivity index (χ0v) is 16.2. The van der Waals surface area contributed by atoms with Crippen molar-refractivity contribution in [2.24, 2.45) is 0 Å². The minimum atomic E-state index is 0.0290. The number of nitrogens with zero attached hydrogens (tertiary/aromatic N) is 2. The molecule has 6 nitrogen and oxygen atoms in total. The van der Waals surface area contributed by atoms with Gasteiger partial charge in [0.05, 0.1) is 18.9 Å². The number of carbonyl (C=O) groups excluding carboxylic acids is 1. The normalized spacial score (nSPS) is 15.0. The Kier molecular flexibility index (Phi) is 5.69. The number of ether oxygens (including phenoxy) is 1. The molecular formula is C22H26N4O2. The minimum absolute atomic E-state index is 0.0290. The Morgan fingerprint density at radius 1 is 1.25 bits per heavy atom. The average molecular weight is 378 g/mol. The summed E-state index contributed by atoms with van der Waals surface area (Å²) in [7, 11) is 0. The maximum Gasteiger partial charge on any atom is 0.224 e. The number of hydrogen-bond donors (Lipinski definition) is 2. The summed E-state index contributed by atoms with van der Waals surface area (Å²) in [6.45, 7) is 6.48. The number of morpholine rings is 1. The molecule has 4 rings (SSSR count). The molecule has 3 aromatic rings. The molecule has 1 aliphatic rings. The van der Waals surface area contributed by atoms with Gasteiger partial charge in [0, 0.05) is 49.4 Å². The van der Waals surface area contributed by atoms with Gasteiger partial charge >= 0.3 is 0 Å². The molecular weight excluding hydrogens is 352 g/mol. The molecule has 146 valence electrons. The van der Waals surface area contributed by atoms with Gasteiger partial charge in [0.2, 0.25) is 5.91 Å². The standard InChI is InChI=1S/C22H26N4O2/c1-2-4-21(27)25-20-14-24-22-19(20)12-18(13-23-22)17-6-3-5-16(11-17)15-26-7-9-28-10-8-26/h3,5-6,11-14H,2,4,7-10,15H2,1H3,(H,23,24)(H,25,27). The van der Waals surface area contributed by atoms with Crippen molar-refractivity contribution in [3.8, 4) is 11.1 Å². The maximum atomic E-state index is 12.0. The van der Waals surface area contributed by atoms with Crippen LogP contribution >= 0.6 is 0 Å². The van der Waals surface area contributed by atoms with E-state index >= 15 is 0 Å². The van der Waals surface area contributed by atoms with Gasteiger partial charge in [-0.15, -0.1) is 0 Å². The van der Waals surface area contributed by atoms with Crippen LogP contribution in [0.25, 0.3) is 22.2 Å². The predicted octanol–water partition coefficient (Wildman–Crippen LogP) is 3.80. The first-order chi connectivity index (χ1) is 13.7. The molecule has 0 aliphatic carbocycles. The molecule has 0 bridgehead atoms. The number of fused-ring (bicyclic) bond motifs is 1. The smallest absolute Gasteiger partial charge is 0.224 e. The zero-order chi connectivity index (χ0) is 19.3. The molecule has 1 amide bonds. The molecule has 0 spiro atoms. The lowest BCUT2D eigenvalue weighted by Gasteiger charge is -2.26. The first-order valence-electron chi connectivity index (χ1n) is 9.89. The molecule has 1 fully saturated rings. The highest BCUT2D eigenvalue weighted by Crippen LogP contribution is 2.28. The van der Waals surface area contributed by atoms with Gasteiger partial charge in [0.25, 0.3) is 0 Å². The van der Waals surface area contributed by atoms with Crippen LogP contribution in [0.15, 0.2) is 42.7 Å². The van der Waals surface area contributed by atoms with Crippen LogP contribution in [0, 0.1) is 0 Å². The lowest BCUT2D eigenvalue weighted by molar-refractivity contribution is -0.116. The highest BCUT2D eigenvalue weighted by molar-refractivity contribution is 6.01. The van der Waals surface area contributed by atoms with Crippen LogP contribution in [0.3, 0.4) is 0 Å². The molecule has 0 saturated carbocycles. The third-order valence-electron chi connectivity index (χ3n) is 5.05.